The van der Waals surface area contributed by atoms with Gasteiger partial charge in [-0.05, 0) is 18.7 Å². The molecule has 0 fully saturated rings. The van der Waals surface area contributed by atoms with Crippen molar-refractivity contribution in [1.82, 2.24) is 10.3 Å². The molecule has 4 heteroatoms. The summed E-state index contributed by atoms with van der Waals surface area (Å²) in [7, 11) is 0. The van der Waals surface area contributed by atoms with E-state index in [-0.39, 0.29) is 5.69 Å². The van der Waals surface area contributed by atoms with Gasteiger partial charge in [-0.15, -0.1) is 0 Å². The molecule has 1 heterocycles. The summed E-state index contributed by atoms with van der Waals surface area (Å²) < 4.78 is 0. The van der Waals surface area contributed by atoms with E-state index in [9.17, 15) is 4.79 Å². The standard InChI is InChI=1S/C8H12N2O2/c1-2-9-5-6-3-4-7(10-6)8(11)12/h3-4,9-10H,2,5H2,1H3,(H,11,12). The van der Waals surface area contributed by atoms with E-state index in [1.165, 1.54) is 0 Å². The molecule has 0 spiro atoms. The normalized spacial score (nSPS) is 10.1. The lowest BCUT2D eigenvalue weighted by atomic mass is 10.4. The number of aromatic nitrogens is 1. The Morgan fingerprint density at radius 3 is 2.92 bits per heavy atom. The maximum Gasteiger partial charge on any atom is 0.352 e. The molecule has 0 atom stereocenters. The molecule has 0 aliphatic heterocycles. The minimum absolute atomic E-state index is 0.239. The van der Waals surface area contributed by atoms with E-state index in [4.69, 9.17) is 5.11 Å². The Morgan fingerprint density at radius 1 is 1.67 bits per heavy atom. The Hall–Kier alpha value is -1.29. The number of hydrogen-bond donors (Lipinski definition) is 3. The van der Waals surface area contributed by atoms with Gasteiger partial charge < -0.3 is 15.4 Å². The molecule has 0 aliphatic carbocycles. The third-order valence-electron chi connectivity index (χ3n) is 1.54. The van der Waals surface area contributed by atoms with Gasteiger partial charge in [0.2, 0.25) is 0 Å². The van der Waals surface area contributed by atoms with E-state index in [1.54, 1.807) is 12.1 Å². The summed E-state index contributed by atoms with van der Waals surface area (Å²) in [5.74, 6) is -0.919. The van der Waals surface area contributed by atoms with E-state index < -0.39 is 5.97 Å². The molecular formula is C8H12N2O2. The molecule has 1 rings (SSSR count). The number of nitrogens with one attached hydrogen (secondary N) is 2. The fourth-order valence-electron chi connectivity index (χ4n) is 0.928. The molecule has 0 unspecified atom stereocenters. The van der Waals surface area contributed by atoms with Crippen LogP contribution in [-0.2, 0) is 6.54 Å². The van der Waals surface area contributed by atoms with Gasteiger partial charge in [0.1, 0.15) is 5.69 Å². The molecule has 1 aromatic heterocycles. The number of carbonyl (C=O) groups is 1. The predicted octanol–water partition coefficient (Wildman–Crippen LogP) is 0.822. The summed E-state index contributed by atoms with van der Waals surface area (Å²) in [5, 5.41) is 11.7. The Kier molecular flexibility index (Phi) is 2.88. The average Bonchev–Trinajstić information content (AvgIpc) is 2.48. The van der Waals surface area contributed by atoms with Crippen LogP contribution in [0.4, 0.5) is 0 Å². The van der Waals surface area contributed by atoms with Gasteiger partial charge in [-0.2, -0.15) is 0 Å². The first kappa shape index (κ1) is 8.80. The predicted molar refractivity (Wildman–Crippen MR) is 45.1 cm³/mol. The fourth-order valence-corrected chi connectivity index (χ4v) is 0.928. The second-order valence-corrected chi connectivity index (χ2v) is 2.48. The van der Waals surface area contributed by atoms with Crippen LogP contribution in [0.5, 0.6) is 0 Å². The van der Waals surface area contributed by atoms with Crippen LogP contribution in [0.15, 0.2) is 12.1 Å². The second kappa shape index (κ2) is 3.92. The molecule has 0 aliphatic rings. The number of aromatic amines is 1. The number of hydrogen-bond acceptors (Lipinski definition) is 2. The van der Waals surface area contributed by atoms with Crippen molar-refractivity contribution < 1.29 is 9.90 Å². The van der Waals surface area contributed by atoms with Crippen LogP contribution in [0, 0.1) is 0 Å². The van der Waals surface area contributed by atoms with E-state index in [0.29, 0.717) is 6.54 Å². The zero-order valence-corrected chi connectivity index (χ0v) is 6.92. The lowest BCUT2D eigenvalue weighted by Crippen LogP contribution is -2.12. The summed E-state index contributed by atoms with van der Waals surface area (Å²) >= 11 is 0. The van der Waals surface area contributed by atoms with Crippen molar-refractivity contribution >= 4 is 5.97 Å². The summed E-state index contributed by atoms with van der Waals surface area (Å²) in [4.78, 5) is 13.2. The summed E-state index contributed by atoms with van der Waals surface area (Å²) in [5.41, 5.74) is 1.14. The van der Waals surface area contributed by atoms with Gasteiger partial charge in [-0.3, -0.25) is 0 Å². The molecule has 3 N–H and O–H groups in total. The quantitative estimate of drug-likeness (QED) is 0.623. The second-order valence-electron chi connectivity index (χ2n) is 2.48. The lowest BCUT2D eigenvalue weighted by molar-refractivity contribution is 0.0691. The zero-order chi connectivity index (χ0) is 8.97. The molecule has 0 amide bonds. The smallest absolute Gasteiger partial charge is 0.352 e. The molecule has 12 heavy (non-hydrogen) atoms. The van der Waals surface area contributed by atoms with Crippen molar-refractivity contribution in [3.05, 3.63) is 23.5 Å². The van der Waals surface area contributed by atoms with E-state index in [0.717, 1.165) is 12.2 Å². The third-order valence-corrected chi connectivity index (χ3v) is 1.54. The molecular weight excluding hydrogens is 156 g/mol. The molecule has 4 nitrogen and oxygen atoms in total. The van der Waals surface area contributed by atoms with Crippen LogP contribution in [0.3, 0.4) is 0 Å². The maximum atomic E-state index is 10.4. The molecule has 0 saturated carbocycles. The molecule has 0 aromatic carbocycles. The van der Waals surface area contributed by atoms with Gasteiger partial charge in [-0.25, -0.2) is 4.79 Å². The van der Waals surface area contributed by atoms with Crippen molar-refractivity contribution in [2.75, 3.05) is 6.54 Å². The van der Waals surface area contributed by atoms with Crippen LogP contribution < -0.4 is 5.32 Å². The van der Waals surface area contributed by atoms with Crippen molar-refractivity contribution in [2.24, 2.45) is 0 Å². The molecule has 0 saturated heterocycles. The van der Waals surface area contributed by atoms with Gasteiger partial charge >= 0.3 is 5.97 Å². The van der Waals surface area contributed by atoms with Crippen LogP contribution >= 0.6 is 0 Å². The minimum atomic E-state index is -0.919. The number of carboxylic acids is 1. The maximum absolute atomic E-state index is 10.4. The molecule has 66 valence electrons. The molecule has 0 radical (unpaired) electrons. The Labute approximate surface area is 70.6 Å². The van der Waals surface area contributed by atoms with Gasteiger partial charge in [0, 0.05) is 12.2 Å². The first-order valence-corrected chi connectivity index (χ1v) is 3.86. The number of aromatic carboxylic acids is 1. The highest BCUT2D eigenvalue weighted by Crippen LogP contribution is 2.00. The highest BCUT2D eigenvalue weighted by molar-refractivity contribution is 5.85. The minimum Gasteiger partial charge on any atom is -0.477 e. The topological polar surface area (TPSA) is 65.1 Å². The van der Waals surface area contributed by atoms with E-state index >= 15 is 0 Å². The van der Waals surface area contributed by atoms with Crippen LogP contribution in [-0.4, -0.2) is 22.6 Å². The first-order valence-electron chi connectivity index (χ1n) is 3.86. The summed E-state index contributed by atoms with van der Waals surface area (Å²) in [6, 6.07) is 3.33. The lowest BCUT2D eigenvalue weighted by Gasteiger charge is -1.96. The van der Waals surface area contributed by atoms with Crippen molar-refractivity contribution in [2.45, 2.75) is 13.5 Å². The molecule has 0 bridgehead atoms. The fraction of sp³-hybridized carbons (Fsp3) is 0.375. The van der Waals surface area contributed by atoms with E-state index in [1.807, 2.05) is 6.92 Å². The molecule has 1 aromatic rings. The van der Waals surface area contributed by atoms with E-state index in [2.05, 4.69) is 10.3 Å². The Morgan fingerprint density at radius 2 is 2.42 bits per heavy atom. The van der Waals surface area contributed by atoms with Gasteiger partial charge in [0.15, 0.2) is 0 Å². The highest BCUT2D eigenvalue weighted by Gasteiger charge is 2.04. The van der Waals surface area contributed by atoms with Crippen molar-refractivity contribution in [3.63, 3.8) is 0 Å². The number of rotatable bonds is 4. The zero-order valence-electron chi connectivity index (χ0n) is 6.92. The SMILES string of the molecule is CCNCc1ccc(C(=O)O)[nH]1. The van der Waals surface area contributed by atoms with Crippen molar-refractivity contribution in [3.8, 4) is 0 Å². The largest absolute Gasteiger partial charge is 0.477 e. The van der Waals surface area contributed by atoms with Crippen LogP contribution in [0.2, 0.25) is 0 Å². The van der Waals surface area contributed by atoms with Gasteiger partial charge in [-0.1, -0.05) is 6.92 Å². The Bertz CT molecular complexity index is 268. The first-order chi connectivity index (χ1) is 5.74. The van der Waals surface area contributed by atoms with Crippen LogP contribution in [0.1, 0.15) is 23.1 Å². The third kappa shape index (κ3) is 2.10. The van der Waals surface area contributed by atoms with Crippen LogP contribution in [0.25, 0.3) is 0 Å². The number of carboxylic acid groups (broad SMARTS) is 1. The number of H-pyrrole nitrogens is 1. The summed E-state index contributed by atoms with van der Waals surface area (Å²) in [6.07, 6.45) is 0. The Balaban J connectivity index is 2.58. The summed E-state index contributed by atoms with van der Waals surface area (Å²) in [6.45, 7) is 3.56. The van der Waals surface area contributed by atoms with Crippen molar-refractivity contribution in [1.29, 1.82) is 0 Å². The highest BCUT2D eigenvalue weighted by atomic mass is 16.4. The monoisotopic (exact) mass is 168 g/mol. The van der Waals surface area contributed by atoms with Gasteiger partial charge in [0.05, 0.1) is 0 Å². The van der Waals surface area contributed by atoms with Gasteiger partial charge in [0.25, 0.3) is 0 Å². The average molecular weight is 168 g/mol.